The molecule has 0 aliphatic carbocycles. The number of nitrogens with zero attached hydrogens (tertiary/aromatic N) is 1. The molecule has 118 valence electrons. The largest absolute Gasteiger partial charge is 0.378 e. The van der Waals surface area contributed by atoms with Crippen molar-refractivity contribution in [2.45, 2.75) is 19.0 Å². The molecule has 1 atom stereocenters. The number of rotatable bonds is 4. The minimum absolute atomic E-state index is 0. The normalized spacial score (nSPS) is 18.0. The van der Waals surface area contributed by atoms with Gasteiger partial charge in [-0.1, -0.05) is 23.2 Å². The number of benzene rings is 1. The second kappa shape index (κ2) is 8.81. The van der Waals surface area contributed by atoms with Crippen molar-refractivity contribution in [2.75, 3.05) is 26.8 Å². The fourth-order valence-corrected chi connectivity index (χ4v) is 2.75. The van der Waals surface area contributed by atoms with Gasteiger partial charge in [0.25, 0.3) is 0 Å². The Kier molecular flexibility index (Phi) is 7.77. The quantitative estimate of drug-likeness (QED) is 0.905. The Morgan fingerprint density at radius 2 is 2.05 bits per heavy atom. The average Bonchev–Trinajstić information content (AvgIpc) is 2.38. The lowest BCUT2D eigenvalue weighted by molar-refractivity contribution is -0.131. The maximum atomic E-state index is 12.1. The Morgan fingerprint density at radius 1 is 1.38 bits per heavy atom. The molecule has 1 unspecified atom stereocenters. The zero-order valence-corrected chi connectivity index (χ0v) is 14.1. The van der Waals surface area contributed by atoms with Crippen molar-refractivity contribution < 1.29 is 9.53 Å². The SMILES string of the molecule is CN(Cc1cc(Cl)cc(Cl)c1)C(=O)CC1COCCN1.Cl. The summed E-state index contributed by atoms with van der Waals surface area (Å²) in [6.45, 7) is 2.59. The first-order chi connectivity index (χ1) is 9.54. The van der Waals surface area contributed by atoms with Crippen LogP contribution in [0.5, 0.6) is 0 Å². The van der Waals surface area contributed by atoms with Gasteiger partial charge in [0.05, 0.1) is 13.2 Å². The first-order valence-electron chi connectivity index (χ1n) is 6.54. The molecular weight excluding hydrogens is 335 g/mol. The molecule has 0 saturated carbocycles. The number of hydrogen-bond donors (Lipinski definition) is 1. The lowest BCUT2D eigenvalue weighted by atomic mass is 10.1. The van der Waals surface area contributed by atoms with Crippen molar-refractivity contribution in [3.05, 3.63) is 33.8 Å². The number of halogens is 3. The Balaban J connectivity index is 0.00000220. The fraction of sp³-hybridized carbons (Fsp3) is 0.500. The molecule has 0 radical (unpaired) electrons. The summed E-state index contributed by atoms with van der Waals surface area (Å²) in [7, 11) is 1.78. The van der Waals surface area contributed by atoms with Crippen LogP contribution in [-0.2, 0) is 16.1 Å². The number of morpholine rings is 1. The van der Waals surface area contributed by atoms with Gasteiger partial charge in [0.15, 0.2) is 0 Å². The standard InChI is InChI=1S/C14H18Cl2N2O2.ClH/c1-18(8-10-4-11(15)6-12(16)5-10)14(19)7-13-9-20-3-2-17-13;/h4-6,13,17H,2-3,7-9H2,1H3;1H. The number of carbonyl (C=O) groups excluding carboxylic acids is 1. The number of nitrogens with one attached hydrogen (secondary N) is 1. The van der Waals surface area contributed by atoms with Gasteiger partial charge in [0.1, 0.15) is 0 Å². The predicted octanol–water partition coefficient (Wildman–Crippen LogP) is 2.75. The zero-order chi connectivity index (χ0) is 14.5. The second-order valence-corrected chi connectivity index (χ2v) is 5.83. The Hall–Kier alpha value is -0.520. The summed E-state index contributed by atoms with van der Waals surface area (Å²) in [5, 5.41) is 4.43. The van der Waals surface area contributed by atoms with Crippen molar-refractivity contribution in [3.63, 3.8) is 0 Å². The van der Waals surface area contributed by atoms with Crippen LogP contribution in [0.2, 0.25) is 10.0 Å². The van der Waals surface area contributed by atoms with Gasteiger partial charge in [-0.05, 0) is 23.8 Å². The van der Waals surface area contributed by atoms with Crippen LogP contribution in [0.25, 0.3) is 0 Å². The molecule has 0 spiro atoms. The number of hydrogen-bond acceptors (Lipinski definition) is 3. The van der Waals surface area contributed by atoms with Crippen LogP contribution in [0.3, 0.4) is 0 Å². The molecule has 1 aliphatic heterocycles. The molecule has 1 amide bonds. The Morgan fingerprint density at radius 3 is 2.62 bits per heavy atom. The molecule has 4 nitrogen and oxygen atoms in total. The molecule has 0 aromatic heterocycles. The molecule has 1 N–H and O–H groups in total. The van der Waals surface area contributed by atoms with Gasteiger partial charge >= 0.3 is 0 Å². The van der Waals surface area contributed by atoms with E-state index in [1.54, 1.807) is 18.0 Å². The molecular formula is C14H19Cl3N2O2. The summed E-state index contributed by atoms with van der Waals surface area (Å²) < 4.78 is 5.34. The van der Waals surface area contributed by atoms with Crippen LogP contribution in [0, 0.1) is 0 Å². The zero-order valence-electron chi connectivity index (χ0n) is 11.8. The predicted molar refractivity (Wildman–Crippen MR) is 87.4 cm³/mol. The van der Waals surface area contributed by atoms with Gasteiger partial charge in [0.2, 0.25) is 5.91 Å². The van der Waals surface area contributed by atoms with Gasteiger partial charge in [-0.25, -0.2) is 0 Å². The monoisotopic (exact) mass is 352 g/mol. The molecule has 2 rings (SSSR count). The lowest BCUT2D eigenvalue weighted by Gasteiger charge is -2.25. The highest BCUT2D eigenvalue weighted by molar-refractivity contribution is 6.34. The van der Waals surface area contributed by atoms with Gasteiger partial charge in [0, 0.05) is 42.6 Å². The maximum Gasteiger partial charge on any atom is 0.224 e. The minimum atomic E-state index is 0. The second-order valence-electron chi connectivity index (χ2n) is 4.96. The van der Waals surface area contributed by atoms with E-state index in [-0.39, 0.29) is 24.4 Å². The molecule has 1 aromatic carbocycles. The highest BCUT2D eigenvalue weighted by Gasteiger charge is 2.19. The first kappa shape index (κ1) is 18.5. The number of carbonyl (C=O) groups is 1. The van der Waals surface area contributed by atoms with E-state index in [4.69, 9.17) is 27.9 Å². The molecule has 1 saturated heterocycles. The van der Waals surface area contributed by atoms with E-state index < -0.39 is 0 Å². The van der Waals surface area contributed by atoms with Crippen molar-refractivity contribution in [3.8, 4) is 0 Å². The third kappa shape index (κ3) is 6.01. The number of ether oxygens (including phenoxy) is 1. The Labute approximate surface area is 141 Å². The van der Waals surface area contributed by atoms with E-state index in [0.29, 0.717) is 36.2 Å². The smallest absolute Gasteiger partial charge is 0.224 e. The molecule has 1 aromatic rings. The van der Waals surface area contributed by atoms with Gasteiger partial charge in [-0.15, -0.1) is 12.4 Å². The average molecular weight is 354 g/mol. The molecule has 0 bridgehead atoms. The van der Waals surface area contributed by atoms with Gasteiger partial charge < -0.3 is 15.0 Å². The van der Waals surface area contributed by atoms with Crippen molar-refractivity contribution >= 4 is 41.5 Å². The molecule has 21 heavy (non-hydrogen) atoms. The highest BCUT2D eigenvalue weighted by atomic mass is 35.5. The van der Waals surface area contributed by atoms with Crippen LogP contribution >= 0.6 is 35.6 Å². The van der Waals surface area contributed by atoms with E-state index >= 15 is 0 Å². The van der Waals surface area contributed by atoms with Crippen LogP contribution < -0.4 is 5.32 Å². The summed E-state index contributed by atoms with van der Waals surface area (Å²) in [6.07, 6.45) is 0.435. The van der Waals surface area contributed by atoms with Crippen molar-refractivity contribution in [1.29, 1.82) is 0 Å². The van der Waals surface area contributed by atoms with E-state index in [9.17, 15) is 4.79 Å². The van der Waals surface area contributed by atoms with Gasteiger partial charge in [-0.3, -0.25) is 4.79 Å². The summed E-state index contributed by atoms with van der Waals surface area (Å²) in [5.41, 5.74) is 0.922. The van der Waals surface area contributed by atoms with Gasteiger partial charge in [-0.2, -0.15) is 0 Å². The van der Waals surface area contributed by atoms with Crippen LogP contribution in [-0.4, -0.2) is 43.7 Å². The molecule has 7 heteroatoms. The summed E-state index contributed by atoms with van der Waals surface area (Å²) in [4.78, 5) is 13.8. The van der Waals surface area contributed by atoms with E-state index in [1.807, 2.05) is 12.1 Å². The minimum Gasteiger partial charge on any atom is -0.378 e. The summed E-state index contributed by atoms with van der Waals surface area (Å²) >= 11 is 11.9. The van der Waals surface area contributed by atoms with Crippen molar-refractivity contribution in [2.24, 2.45) is 0 Å². The number of amides is 1. The summed E-state index contributed by atoms with van der Waals surface area (Å²) in [6, 6.07) is 5.41. The van der Waals surface area contributed by atoms with E-state index in [2.05, 4.69) is 5.32 Å². The van der Waals surface area contributed by atoms with Crippen LogP contribution in [0.15, 0.2) is 18.2 Å². The third-order valence-corrected chi connectivity index (χ3v) is 3.62. The highest BCUT2D eigenvalue weighted by Crippen LogP contribution is 2.20. The first-order valence-corrected chi connectivity index (χ1v) is 7.30. The topological polar surface area (TPSA) is 41.6 Å². The van der Waals surface area contributed by atoms with Crippen LogP contribution in [0.4, 0.5) is 0 Å². The maximum absolute atomic E-state index is 12.1. The fourth-order valence-electron chi connectivity index (χ4n) is 2.18. The molecule has 1 aliphatic rings. The lowest BCUT2D eigenvalue weighted by Crippen LogP contribution is -2.44. The van der Waals surface area contributed by atoms with Crippen molar-refractivity contribution in [1.82, 2.24) is 10.2 Å². The third-order valence-electron chi connectivity index (χ3n) is 3.19. The molecule has 1 heterocycles. The molecule has 1 fully saturated rings. The summed E-state index contributed by atoms with van der Waals surface area (Å²) in [5.74, 6) is 0.0732. The Bertz CT molecular complexity index is 459. The van der Waals surface area contributed by atoms with E-state index in [1.165, 1.54) is 0 Å². The van der Waals surface area contributed by atoms with Crippen LogP contribution in [0.1, 0.15) is 12.0 Å². The van der Waals surface area contributed by atoms with E-state index in [0.717, 1.165) is 12.1 Å².